The molecule has 0 atom stereocenters. The van der Waals surface area contributed by atoms with Crippen molar-refractivity contribution in [3.63, 3.8) is 0 Å². The summed E-state index contributed by atoms with van der Waals surface area (Å²) < 4.78 is 4.77. The Morgan fingerprint density at radius 3 is 2.62 bits per heavy atom. The molecule has 76 valence electrons. The third-order valence-corrected chi connectivity index (χ3v) is 1.70. The molecule has 1 N–H and O–H groups in total. The Bertz CT molecular complexity index is 164. The van der Waals surface area contributed by atoms with E-state index in [4.69, 9.17) is 9.84 Å². The Morgan fingerprint density at radius 1 is 1.38 bits per heavy atom. The summed E-state index contributed by atoms with van der Waals surface area (Å²) in [5.41, 5.74) is 0.528. The predicted octanol–water partition coefficient (Wildman–Crippen LogP) is 1.66. The van der Waals surface area contributed by atoms with Crippen LogP contribution in [0.4, 0.5) is 0 Å². The first-order valence-corrected chi connectivity index (χ1v) is 4.68. The number of aliphatic hydroxyl groups excluding tert-OH is 1. The topological polar surface area (TPSA) is 46.5 Å². The standard InChI is InChI=1S/C10H18O3/c1-3-13-10(12)9(2)7-5-4-6-8-11/h11H,2-8H2,1H3. The molecule has 0 radical (unpaired) electrons. The number of unbranched alkanes of at least 4 members (excludes halogenated alkanes) is 2. The van der Waals surface area contributed by atoms with Gasteiger partial charge in [-0.25, -0.2) is 4.79 Å². The molecule has 13 heavy (non-hydrogen) atoms. The number of carbonyl (C=O) groups excluding carboxylic acids is 1. The van der Waals surface area contributed by atoms with Crippen molar-refractivity contribution in [3.05, 3.63) is 12.2 Å². The molecule has 0 aliphatic heterocycles. The maximum Gasteiger partial charge on any atom is 0.333 e. The van der Waals surface area contributed by atoms with Crippen LogP contribution in [0.2, 0.25) is 0 Å². The second-order valence-electron chi connectivity index (χ2n) is 2.86. The zero-order chi connectivity index (χ0) is 10.1. The minimum Gasteiger partial charge on any atom is -0.463 e. The van der Waals surface area contributed by atoms with E-state index in [1.54, 1.807) is 6.92 Å². The Balaban J connectivity index is 3.44. The van der Waals surface area contributed by atoms with Crippen LogP contribution in [0.15, 0.2) is 12.2 Å². The number of carbonyl (C=O) groups is 1. The van der Waals surface area contributed by atoms with Crippen molar-refractivity contribution in [2.75, 3.05) is 13.2 Å². The van der Waals surface area contributed by atoms with Gasteiger partial charge >= 0.3 is 5.97 Å². The molecule has 0 rings (SSSR count). The van der Waals surface area contributed by atoms with E-state index in [9.17, 15) is 4.79 Å². The van der Waals surface area contributed by atoms with Crippen LogP contribution in [0.3, 0.4) is 0 Å². The van der Waals surface area contributed by atoms with Crippen molar-refractivity contribution in [3.8, 4) is 0 Å². The van der Waals surface area contributed by atoms with Crippen LogP contribution in [-0.4, -0.2) is 24.3 Å². The molecule has 0 saturated heterocycles. The van der Waals surface area contributed by atoms with Crippen molar-refractivity contribution in [2.24, 2.45) is 0 Å². The highest BCUT2D eigenvalue weighted by molar-refractivity contribution is 5.87. The van der Waals surface area contributed by atoms with Gasteiger partial charge in [0.05, 0.1) is 6.61 Å². The Hall–Kier alpha value is -0.830. The van der Waals surface area contributed by atoms with Crippen LogP contribution in [0.5, 0.6) is 0 Å². The molecule has 0 fully saturated rings. The largest absolute Gasteiger partial charge is 0.463 e. The van der Waals surface area contributed by atoms with Crippen LogP contribution in [0.25, 0.3) is 0 Å². The molecule has 3 heteroatoms. The lowest BCUT2D eigenvalue weighted by Crippen LogP contribution is -2.06. The molecular weight excluding hydrogens is 168 g/mol. The number of ether oxygens (including phenoxy) is 1. The summed E-state index contributed by atoms with van der Waals surface area (Å²) in [6.07, 6.45) is 3.27. The summed E-state index contributed by atoms with van der Waals surface area (Å²) in [6.45, 7) is 6.02. The molecule has 0 saturated carbocycles. The van der Waals surface area contributed by atoms with Crippen molar-refractivity contribution in [1.82, 2.24) is 0 Å². The fourth-order valence-corrected chi connectivity index (χ4v) is 0.962. The van der Waals surface area contributed by atoms with Gasteiger partial charge in [-0.1, -0.05) is 13.0 Å². The molecule has 0 bridgehead atoms. The number of hydrogen-bond donors (Lipinski definition) is 1. The van der Waals surface area contributed by atoms with E-state index in [-0.39, 0.29) is 12.6 Å². The van der Waals surface area contributed by atoms with Gasteiger partial charge in [0.2, 0.25) is 0 Å². The maximum atomic E-state index is 11.0. The molecule has 0 aliphatic rings. The van der Waals surface area contributed by atoms with Crippen molar-refractivity contribution >= 4 is 5.97 Å². The molecule has 0 amide bonds. The SMILES string of the molecule is C=C(CCCCCO)C(=O)OCC. The van der Waals surface area contributed by atoms with E-state index in [0.717, 1.165) is 19.3 Å². The van der Waals surface area contributed by atoms with Gasteiger partial charge in [-0.15, -0.1) is 0 Å². The van der Waals surface area contributed by atoms with Gasteiger partial charge in [-0.05, 0) is 26.2 Å². The molecule has 3 nitrogen and oxygen atoms in total. The van der Waals surface area contributed by atoms with Crippen LogP contribution in [0, 0.1) is 0 Å². The highest BCUT2D eigenvalue weighted by atomic mass is 16.5. The number of hydrogen-bond acceptors (Lipinski definition) is 3. The van der Waals surface area contributed by atoms with Crippen LogP contribution in [-0.2, 0) is 9.53 Å². The second kappa shape index (κ2) is 7.80. The van der Waals surface area contributed by atoms with Gasteiger partial charge in [0, 0.05) is 12.2 Å². The van der Waals surface area contributed by atoms with Gasteiger partial charge < -0.3 is 9.84 Å². The minimum absolute atomic E-state index is 0.214. The van der Waals surface area contributed by atoms with Gasteiger partial charge in [0.15, 0.2) is 0 Å². The van der Waals surface area contributed by atoms with E-state index < -0.39 is 0 Å². The van der Waals surface area contributed by atoms with Crippen LogP contribution in [0.1, 0.15) is 32.6 Å². The van der Waals surface area contributed by atoms with Crippen LogP contribution >= 0.6 is 0 Å². The molecule has 0 unspecified atom stereocenters. The number of esters is 1. The first kappa shape index (κ1) is 12.2. The van der Waals surface area contributed by atoms with Gasteiger partial charge in [0.1, 0.15) is 0 Å². The molecule has 0 aromatic rings. The fraction of sp³-hybridized carbons (Fsp3) is 0.700. The summed E-state index contributed by atoms with van der Waals surface area (Å²) in [6, 6.07) is 0. The molecular formula is C10H18O3. The smallest absolute Gasteiger partial charge is 0.333 e. The van der Waals surface area contributed by atoms with E-state index >= 15 is 0 Å². The predicted molar refractivity (Wildman–Crippen MR) is 51.3 cm³/mol. The monoisotopic (exact) mass is 186 g/mol. The van der Waals surface area contributed by atoms with E-state index in [1.165, 1.54) is 0 Å². The maximum absolute atomic E-state index is 11.0. The van der Waals surface area contributed by atoms with Gasteiger partial charge in [-0.2, -0.15) is 0 Å². The highest BCUT2D eigenvalue weighted by Crippen LogP contribution is 2.08. The lowest BCUT2D eigenvalue weighted by Gasteiger charge is -2.04. The number of rotatable bonds is 7. The van der Waals surface area contributed by atoms with Crippen molar-refractivity contribution < 1.29 is 14.6 Å². The minimum atomic E-state index is -0.300. The zero-order valence-electron chi connectivity index (χ0n) is 8.21. The highest BCUT2D eigenvalue weighted by Gasteiger charge is 2.06. The third-order valence-electron chi connectivity index (χ3n) is 1.70. The molecule has 0 aliphatic carbocycles. The van der Waals surface area contributed by atoms with Crippen molar-refractivity contribution in [1.29, 1.82) is 0 Å². The van der Waals surface area contributed by atoms with Gasteiger partial charge in [0.25, 0.3) is 0 Å². The Labute approximate surface area is 79.4 Å². The summed E-state index contributed by atoms with van der Waals surface area (Å²) >= 11 is 0. The fourth-order valence-electron chi connectivity index (χ4n) is 0.962. The Morgan fingerprint density at radius 2 is 2.08 bits per heavy atom. The average Bonchev–Trinajstić information content (AvgIpc) is 2.12. The molecule has 0 heterocycles. The van der Waals surface area contributed by atoms with Gasteiger partial charge in [-0.3, -0.25) is 0 Å². The molecule has 0 aromatic heterocycles. The number of aliphatic hydroxyl groups is 1. The van der Waals surface area contributed by atoms with Crippen LogP contribution < -0.4 is 0 Å². The summed E-state index contributed by atoms with van der Waals surface area (Å²) in [7, 11) is 0. The second-order valence-corrected chi connectivity index (χ2v) is 2.86. The summed E-state index contributed by atoms with van der Waals surface area (Å²) in [4.78, 5) is 11.0. The molecule has 0 spiro atoms. The lowest BCUT2D eigenvalue weighted by molar-refractivity contribution is -0.138. The molecule has 0 aromatic carbocycles. The zero-order valence-corrected chi connectivity index (χ0v) is 8.21. The normalized spacial score (nSPS) is 9.69. The lowest BCUT2D eigenvalue weighted by atomic mass is 10.1. The third kappa shape index (κ3) is 6.34. The Kier molecular flexibility index (Phi) is 7.30. The van der Waals surface area contributed by atoms with E-state index in [1.807, 2.05) is 0 Å². The first-order chi connectivity index (χ1) is 6.22. The quantitative estimate of drug-likeness (QED) is 0.373. The average molecular weight is 186 g/mol. The summed E-state index contributed by atoms with van der Waals surface area (Å²) in [5, 5.41) is 8.51. The first-order valence-electron chi connectivity index (χ1n) is 4.68. The van der Waals surface area contributed by atoms with Crippen molar-refractivity contribution in [2.45, 2.75) is 32.6 Å². The van der Waals surface area contributed by atoms with E-state index in [2.05, 4.69) is 6.58 Å². The van der Waals surface area contributed by atoms with E-state index in [0.29, 0.717) is 18.6 Å². The summed E-state index contributed by atoms with van der Waals surface area (Å²) in [5.74, 6) is -0.300.